The number of fused-ring (bicyclic) bond motifs is 5. The molecule has 0 unspecified atom stereocenters. The summed E-state index contributed by atoms with van der Waals surface area (Å²) in [6.07, 6.45) is 14.4. The van der Waals surface area contributed by atoms with Crippen molar-refractivity contribution < 1.29 is 0 Å². The predicted octanol–water partition coefficient (Wildman–Crippen LogP) is 5.21. The Morgan fingerprint density at radius 1 is 1.05 bits per heavy atom. The first kappa shape index (κ1) is 14.7. The number of nitrogens with two attached hydrogens (primary N) is 1. The minimum atomic E-state index is 0.420. The van der Waals surface area contributed by atoms with Gasteiger partial charge in [-0.2, -0.15) is 0 Å². The maximum absolute atomic E-state index is 6.24. The van der Waals surface area contributed by atoms with E-state index in [2.05, 4.69) is 48.6 Å². The van der Waals surface area contributed by atoms with Gasteiger partial charge in [0.2, 0.25) is 0 Å². The van der Waals surface area contributed by atoms with Gasteiger partial charge in [-0.3, -0.25) is 0 Å². The van der Waals surface area contributed by atoms with E-state index in [4.69, 9.17) is 5.73 Å². The summed E-state index contributed by atoms with van der Waals surface area (Å²) >= 11 is 2.62. The van der Waals surface area contributed by atoms with Crippen LogP contribution in [0.3, 0.4) is 0 Å². The Hall–Kier alpha value is 0.170. The lowest BCUT2D eigenvalue weighted by atomic mass is 9.48. The highest BCUT2D eigenvalue weighted by Gasteiger charge is 2.56. The topological polar surface area (TPSA) is 26.0 Å². The van der Waals surface area contributed by atoms with E-state index >= 15 is 0 Å². The molecule has 4 rings (SSSR count). The molecule has 2 saturated carbocycles. The molecule has 21 heavy (non-hydrogen) atoms. The zero-order valence-corrected chi connectivity index (χ0v) is 15.5. The van der Waals surface area contributed by atoms with Crippen LogP contribution in [0.5, 0.6) is 0 Å². The second kappa shape index (κ2) is 4.83. The van der Waals surface area contributed by atoms with Crippen LogP contribution in [0.4, 0.5) is 0 Å². The van der Waals surface area contributed by atoms with Crippen molar-refractivity contribution in [3.63, 3.8) is 0 Å². The molecule has 4 aliphatic carbocycles. The lowest BCUT2D eigenvalue weighted by Gasteiger charge is -2.57. The Morgan fingerprint density at radius 2 is 1.81 bits per heavy atom. The lowest BCUT2D eigenvalue weighted by Crippen LogP contribution is -2.50. The number of allylic oxidation sites excluding steroid dienone is 3. The lowest BCUT2D eigenvalue weighted by molar-refractivity contribution is -0.0149. The predicted molar refractivity (Wildman–Crippen MR) is 97.2 cm³/mol. The first-order valence-electron chi connectivity index (χ1n) is 8.76. The van der Waals surface area contributed by atoms with Gasteiger partial charge < -0.3 is 5.73 Å². The summed E-state index contributed by atoms with van der Waals surface area (Å²) in [4.78, 5) is 0. The third-order valence-electron chi connectivity index (χ3n) is 7.63. The molecule has 0 aliphatic heterocycles. The van der Waals surface area contributed by atoms with E-state index in [-0.39, 0.29) is 0 Å². The Labute approximate surface area is 143 Å². The van der Waals surface area contributed by atoms with Gasteiger partial charge in [-0.1, -0.05) is 31.6 Å². The van der Waals surface area contributed by atoms with Crippen LogP contribution in [0.1, 0.15) is 58.8 Å². The highest BCUT2D eigenvalue weighted by molar-refractivity contribution is 14.1. The van der Waals surface area contributed by atoms with Crippen LogP contribution in [0.25, 0.3) is 0 Å². The standard InChI is InChI=1S/C19H28IN/c1-18-9-7-13(21)11-12(18)3-4-14-15-5-6-17(20)19(15,2)10-8-16(14)18/h3,6,13-16H,4-5,7-11,21H2,1-2H3/t13-,14+,15+,16+,18+,19+/m1/s1. The minimum absolute atomic E-state index is 0.420. The van der Waals surface area contributed by atoms with Crippen LogP contribution in [-0.2, 0) is 0 Å². The molecule has 0 bridgehead atoms. The van der Waals surface area contributed by atoms with Crippen molar-refractivity contribution in [3.05, 3.63) is 21.3 Å². The monoisotopic (exact) mass is 397 g/mol. The van der Waals surface area contributed by atoms with Crippen molar-refractivity contribution in [1.29, 1.82) is 0 Å². The number of hydrogen-bond donors (Lipinski definition) is 1. The minimum Gasteiger partial charge on any atom is -0.327 e. The van der Waals surface area contributed by atoms with Gasteiger partial charge in [0.05, 0.1) is 0 Å². The largest absolute Gasteiger partial charge is 0.327 e. The Kier molecular flexibility index (Phi) is 3.39. The summed E-state index contributed by atoms with van der Waals surface area (Å²) in [7, 11) is 0. The van der Waals surface area contributed by atoms with Crippen molar-refractivity contribution in [2.24, 2.45) is 34.3 Å². The second-order valence-corrected chi connectivity index (χ2v) is 9.67. The molecule has 2 heteroatoms. The van der Waals surface area contributed by atoms with Crippen LogP contribution < -0.4 is 5.73 Å². The van der Waals surface area contributed by atoms with E-state index in [1.54, 1.807) is 9.15 Å². The summed E-state index contributed by atoms with van der Waals surface area (Å²) in [5.74, 6) is 2.72. The molecule has 4 aliphatic rings. The molecule has 116 valence electrons. The number of hydrogen-bond acceptors (Lipinski definition) is 1. The van der Waals surface area contributed by atoms with E-state index < -0.39 is 0 Å². The second-order valence-electron chi connectivity index (χ2n) is 8.51. The smallest absolute Gasteiger partial charge is 0.00766 e. The fraction of sp³-hybridized carbons (Fsp3) is 0.789. The molecule has 0 aromatic heterocycles. The molecular formula is C19H28IN. The molecular weight excluding hydrogens is 369 g/mol. The highest BCUT2D eigenvalue weighted by atomic mass is 127. The van der Waals surface area contributed by atoms with Crippen molar-refractivity contribution in [2.75, 3.05) is 0 Å². The van der Waals surface area contributed by atoms with Gasteiger partial charge in [0.15, 0.2) is 0 Å². The van der Waals surface area contributed by atoms with Crippen LogP contribution in [0.15, 0.2) is 21.3 Å². The third-order valence-corrected chi connectivity index (χ3v) is 9.30. The molecule has 0 heterocycles. The molecule has 0 spiro atoms. The van der Waals surface area contributed by atoms with E-state index in [1.807, 2.05) is 0 Å². The summed E-state index contributed by atoms with van der Waals surface area (Å²) in [6.45, 7) is 5.11. The van der Waals surface area contributed by atoms with Gasteiger partial charge in [-0.15, -0.1) is 0 Å². The van der Waals surface area contributed by atoms with Crippen LogP contribution in [-0.4, -0.2) is 6.04 Å². The normalized spacial score (nSPS) is 52.4. The SMILES string of the molecule is C[C@]12CC[C@@H](N)CC1=CC[C@@H]1[C@@H]2CC[C@]2(C)C(I)=CC[C@@H]12. The zero-order valence-electron chi connectivity index (χ0n) is 13.4. The van der Waals surface area contributed by atoms with Crippen LogP contribution >= 0.6 is 22.6 Å². The molecule has 1 nitrogen and oxygen atoms in total. The van der Waals surface area contributed by atoms with Gasteiger partial charge >= 0.3 is 0 Å². The van der Waals surface area contributed by atoms with Gasteiger partial charge in [0, 0.05) is 11.5 Å². The van der Waals surface area contributed by atoms with Crippen LogP contribution in [0.2, 0.25) is 0 Å². The summed E-state index contributed by atoms with van der Waals surface area (Å²) in [5, 5.41) is 0. The summed E-state index contributed by atoms with van der Waals surface area (Å²) in [5.41, 5.74) is 8.92. The fourth-order valence-corrected chi connectivity index (χ4v) is 7.13. The molecule has 6 atom stereocenters. The zero-order chi connectivity index (χ0) is 14.8. The molecule has 0 aromatic rings. The maximum Gasteiger partial charge on any atom is 0.00766 e. The molecule has 0 radical (unpaired) electrons. The van der Waals surface area contributed by atoms with E-state index in [1.165, 1.54) is 38.5 Å². The number of rotatable bonds is 0. The van der Waals surface area contributed by atoms with Crippen molar-refractivity contribution in [1.82, 2.24) is 0 Å². The third kappa shape index (κ3) is 1.97. The van der Waals surface area contributed by atoms with Gasteiger partial charge in [0.25, 0.3) is 0 Å². The van der Waals surface area contributed by atoms with E-state index in [9.17, 15) is 0 Å². The maximum atomic E-state index is 6.24. The van der Waals surface area contributed by atoms with Crippen molar-refractivity contribution in [2.45, 2.75) is 64.8 Å². The Morgan fingerprint density at radius 3 is 2.62 bits per heavy atom. The average Bonchev–Trinajstić information content (AvgIpc) is 2.76. The first-order valence-corrected chi connectivity index (χ1v) is 9.84. The Balaban J connectivity index is 1.68. The molecule has 0 aromatic carbocycles. The molecule has 2 fully saturated rings. The van der Waals surface area contributed by atoms with Gasteiger partial charge in [-0.05, 0) is 94.3 Å². The summed E-state index contributed by atoms with van der Waals surface area (Å²) in [6, 6.07) is 0.420. The van der Waals surface area contributed by atoms with Gasteiger partial charge in [-0.25, -0.2) is 0 Å². The van der Waals surface area contributed by atoms with Crippen molar-refractivity contribution in [3.8, 4) is 0 Å². The van der Waals surface area contributed by atoms with Gasteiger partial charge in [0.1, 0.15) is 0 Å². The van der Waals surface area contributed by atoms with E-state index in [0.29, 0.717) is 16.9 Å². The first-order chi connectivity index (χ1) is 9.95. The van der Waals surface area contributed by atoms with E-state index in [0.717, 1.165) is 24.2 Å². The highest BCUT2D eigenvalue weighted by Crippen LogP contribution is 2.65. The Bertz CT molecular complexity index is 522. The van der Waals surface area contributed by atoms with Crippen molar-refractivity contribution >= 4 is 22.6 Å². The molecule has 2 N–H and O–H groups in total. The quantitative estimate of drug-likeness (QED) is 0.441. The number of halogens is 1. The fourth-order valence-electron chi connectivity index (χ4n) is 6.20. The summed E-state index contributed by atoms with van der Waals surface area (Å²) < 4.78 is 1.65. The average molecular weight is 397 g/mol. The molecule has 0 amide bonds. The molecule has 0 saturated heterocycles. The van der Waals surface area contributed by atoms with Crippen LogP contribution in [0, 0.1) is 28.6 Å².